The fourth-order valence-electron chi connectivity index (χ4n) is 2.82. The highest BCUT2D eigenvalue weighted by molar-refractivity contribution is 6.22. The molecule has 1 atom stereocenters. The van der Waals surface area contributed by atoms with Gasteiger partial charge in [0.05, 0.1) is 16.4 Å². The Morgan fingerprint density at radius 3 is 2.19 bits per heavy atom. The SMILES string of the molecule is O=NN1CCCC[C@H](N2C(=O)c3ccccc3C2=O)C1=O. The maximum absolute atomic E-state index is 12.4. The largest absolute Gasteiger partial charge is 0.270 e. The predicted molar refractivity (Wildman–Crippen MR) is 72.1 cm³/mol. The minimum absolute atomic E-state index is 0.224. The Bertz CT molecular complexity index is 608. The normalized spacial score (nSPS) is 22.3. The van der Waals surface area contributed by atoms with E-state index in [2.05, 4.69) is 5.29 Å². The molecule has 7 heteroatoms. The van der Waals surface area contributed by atoms with E-state index in [1.807, 2.05) is 0 Å². The number of hydrogen-bond acceptors (Lipinski definition) is 5. The topological polar surface area (TPSA) is 87.1 Å². The molecule has 0 aliphatic carbocycles. The van der Waals surface area contributed by atoms with Crippen LogP contribution in [0.3, 0.4) is 0 Å². The molecule has 21 heavy (non-hydrogen) atoms. The molecule has 7 nitrogen and oxygen atoms in total. The molecule has 0 aromatic heterocycles. The van der Waals surface area contributed by atoms with E-state index >= 15 is 0 Å². The number of fused-ring (bicyclic) bond motifs is 1. The van der Waals surface area contributed by atoms with Crippen LogP contribution in [0.5, 0.6) is 0 Å². The van der Waals surface area contributed by atoms with Crippen molar-refractivity contribution in [2.24, 2.45) is 5.29 Å². The van der Waals surface area contributed by atoms with Gasteiger partial charge in [0.2, 0.25) is 0 Å². The van der Waals surface area contributed by atoms with Crippen molar-refractivity contribution >= 4 is 17.7 Å². The minimum Gasteiger partial charge on any atom is -0.270 e. The summed E-state index contributed by atoms with van der Waals surface area (Å²) < 4.78 is 0. The van der Waals surface area contributed by atoms with E-state index in [4.69, 9.17) is 0 Å². The molecule has 0 unspecified atom stereocenters. The number of nitrogens with zero attached hydrogens (tertiary/aromatic N) is 3. The average molecular weight is 287 g/mol. The predicted octanol–water partition coefficient (Wildman–Crippen LogP) is 1.35. The van der Waals surface area contributed by atoms with Crippen LogP contribution in [0, 0.1) is 4.91 Å². The summed E-state index contributed by atoms with van der Waals surface area (Å²) in [6.45, 7) is 0.224. The Morgan fingerprint density at radius 1 is 1.00 bits per heavy atom. The highest BCUT2D eigenvalue weighted by atomic mass is 16.3. The molecule has 0 N–H and O–H groups in total. The number of rotatable bonds is 2. The maximum Gasteiger partial charge on any atom is 0.268 e. The van der Waals surface area contributed by atoms with E-state index < -0.39 is 23.8 Å². The number of imide groups is 1. The molecule has 2 heterocycles. The average Bonchev–Trinajstić information content (AvgIpc) is 2.64. The lowest BCUT2D eigenvalue weighted by molar-refractivity contribution is -0.135. The van der Waals surface area contributed by atoms with E-state index in [0.717, 1.165) is 9.91 Å². The van der Waals surface area contributed by atoms with Gasteiger partial charge in [0, 0.05) is 6.54 Å². The molecular weight excluding hydrogens is 274 g/mol. The highest BCUT2D eigenvalue weighted by Crippen LogP contribution is 2.28. The first-order chi connectivity index (χ1) is 10.1. The van der Waals surface area contributed by atoms with E-state index in [0.29, 0.717) is 30.4 Å². The van der Waals surface area contributed by atoms with Gasteiger partial charge in [0.1, 0.15) is 6.04 Å². The van der Waals surface area contributed by atoms with Crippen molar-refractivity contribution < 1.29 is 14.4 Å². The molecular formula is C14H13N3O4. The molecule has 0 saturated carbocycles. The second kappa shape index (κ2) is 5.08. The fourth-order valence-corrected chi connectivity index (χ4v) is 2.82. The molecule has 1 aromatic rings. The molecule has 2 aliphatic rings. The van der Waals surface area contributed by atoms with Gasteiger partial charge in [-0.15, -0.1) is 4.91 Å². The van der Waals surface area contributed by atoms with Gasteiger partial charge in [-0.2, -0.15) is 5.01 Å². The van der Waals surface area contributed by atoms with Crippen LogP contribution in [0.2, 0.25) is 0 Å². The Balaban J connectivity index is 1.97. The first kappa shape index (κ1) is 13.4. The molecule has 108 valence electrons. The summed E-state index contributed by atoms with van der Waals surface area (Å²) in [5.74, 6) is -1.56. The summed E-state index contributed by atoms with van der Waals surface area (Å²) in [4.78, 5) is 48.8. The van der Waals surface area contributed by atoms with Gasteiger partial charge in [0.15, 0.2) is 0 Å². The molecule has 3 rings (SSSR count). The zero-order valence-electron chi connectivity index (χ0n) is 11.2. The standard InChI is InChI=1S/C14H13N3O4/c18-12-9-5-1-2-6-10(9)13(19)17(12)11-7-3-4-8-16(15-21)14(11)20/h1-2,5-6,11H,3-4,7-8H2/t11-/m0/s1. The smallest absolute Gasteiger partial charge is 0.268 e. The maximum atomic E-state index is 12.4. The number of hydrogen-bond donors (Lipinski definition) is 0. The van der Waals surface area contributed by atoms with Crippen LogP contribution in [0.25, 0.3) is 0 Å². The quantitative estimate of drug-likeness (QED) is 0.606. The van der Waals surface area contributed by atoms with Crippen molar-refractivity contribution in [2.45, 2.75) is 25.3 Å². The van der Waals surface area contributed by atoms with Crippen molar-refractivity contribution in [2.75, 3.05) is 6.54 Å². The molecule has 1 fully saturated rings. The highest BCUT2D eigenvalue weighted by Gasteiger charge is 2.44. The van der Waals surface area contributed by atoms with Gasteiger partial charge in [-0.05, 0) is 31.4 Å². The molecule has 2 aliphatic heterocycles. The summed E-state index contributed by atoms with van der Waals surface area (Å²) in [5.41, 5.74) is 0.593. The van der Waals surface area contributed by atoms with Crippen LogP contribution in [0.15, 0.2) is 29.6 Å². The summed E-state index contributed by atoms with van der Waals surface area (Å²) >= 11 is 0. The Hall–Kier alpha value is -2.57. The van der Waals surface area contributed by atoms with Crippen LogP contribution < -0.4 is 0 Å². The van der Waals surface area contributed by atoms with E-state index in [9.17, 15) is 19.3 Å². The van der Waals surface area contributed by atoms with Crippen LogP contribution >= 0.6 is 0 Å². The fraction of sp³-hybridized carbons (Fsp3) is 0.357. The second-order valence-corrected chi connectivity index (χ2v) is 5.08. The van der Waals surface area contributed by atoms with Gasteiger partial charge < -0.3 is 0 Å². The van der Waals surface area contributed by atoms with Crippen molar-refractivity contribution in [3.63, 3.8) is 0 Å². The second-order valence-electron chi connectivity index (χ2n) is 5.08. The molecule has 0 bridgehead atoms. The first-order valence-corrected chi connectivity index (χ1v) is 6.76. The van der Waals surface area contributed by atoms with Gasteiger partial charge in [0.25, 0.3) is 17.7 Å². The summed E-state index contributed by atoms with van der Waals surface area (Å²) in [6, 6.07) is 5.51. The van der Waals surface area contributed by atoms with Crippen molar-refractivity contribution in [3.05, 3.63) is 40.3 Å². The van der Waals surface area contributed by atoms with E-state index in [1.54, 1.807) is 24.3 Å². The van der Waals surface area contributed by atoms with E-state index in [1.165, 1.54) is 0 Å². The minimum atomic E-state index is -0.947. The summed E-state index contributed by atoms with van der Waals surface area (Å²) in [7, 11) is 0. The monoisotopic (exact) mass is 287 g/mol. The lowest BCUT2D eigenvalue weighted by Crippen LogP contribution is -2.48. The zero-order valence-corrected chi connectivity index (χ0v) is 11.2. The number of amides is 3. The van der Waals surface area contributed by atoms with Crippen molar-refractivity contribution in [3.8, 4) is 0 Å². The lowest BCUT2D eigenvalue weighted by atomic mass is 10.1. The number of benzene rings is 1. The molecule has 1 saturated heterocycles. The first-order valence-electron chi connectivity index (χ1n) is 6.76. The summed E-state index contributed by atoms with van der Waals surface area (Å²) in [6.07, 6.45) is 1.63. The Labute approximate surface area is 120 Å². The number of carbonyl (C=O) groups excluding carboxylic acids is 3. The van der Waals surface area contributed by atoms with Gasteiger partial charge in [-0.25, -0.2) is 0 Å². The number of nitroso groups, excluding NO2 is 1. The Morgan fingerprint density at radius 2 is 1.62 bits per heavy atom. The van der Waals surface area contributed by atoms with Gasteiger partial charge in [-0.3, -0.25) is 19.3 Å². The number of carbonyl (C=O) groups is 3. The zero-order chi connectivity index (χ0) is 15.0. The van der Waals surface area contributed by atoms with Crippen molar-refractivity contribution in [1.82, 2.24) is 9.91 Å². The van der Waals surface area contributed by atoms with Gasteiger partial charge in [-0.1, -0.05) is 12.1 Å². The molecule has 0 spiro atoms. The van der Waals surface area contributed by atoms with Gasteiger partial charge >= 0.3 is 0 Å². The molecule has 3 amide bonds. The molecule has 1 aromatic carbocycles. The van der Waals surface area contributed by atoms with E-state index in [-0.39, 0.29) is 6.54 Å². The third-order valence-corrected chi connectivity index (χ3v) is 3.87. The molecule has 0 radical (unpaired) electrons. The summed E-state index contributed by atoms with van der Waals surface area (Å²) in [5, 5.41) is 3.50. The van der Waals surface area contributed by atoms with Crippen LogP contribution in [-0.4, -0.2) is 40.2 Å². The third kappa shape index (κ3) is 2.01. The Kier molecular flexibility index (Phi) is 3.25. The van der Waals surface area contributed by atoms with Crippen LogP contribution in [0.1, 0.15) is 40.0 Å². The third-order valence-electron chi connectivity index (χ3n) is 3.87. The van der Waals surface area contributed by atoms with Crippen LogP contribution in [-0.2, 0) is 4.79 Å². The van der Waals surface area contributed by atoms with Crippen LogP contribution in [0.4, 0.5) is 0 Å². The van der Waals surface area contributed by atoms with Crippen molar-refractivity contribution in [1.29, 1.82) is 0 Å². The lowest BCUT2D eigenvalue weighted by Gasteiger charge is -2.25.